The highest BCUT2D eigenvalue weighted by atomic mass is 32.2. The van der Waals surface area contributed by atoms with Crippen molar-refractivity contribution in [3.05, 3.63) is 0 Å². The molecule has 20 heavy (non-hydrogen) atoms. The van der Waals surface area contributed by atoms with Crippen LogP contribution in [0.15, 0.2) is 0 Å². The van der Waals surface area contributed by atoms with Gasteiger partial charge in [-0.3, -0.25) is 4.79 Å². The molecule has 0 heterocycles. The smallest absolute Gasteiger partial charge is 0.212 e. The number of carbonyl (C=O) groups is 1. The van der Waals surface area contributed by atoms with Gasteiger partial charge >= 0.3 is 0 Å². The van der Waals surface area contributed by atoms with Crippen LogP contribution in [-0.2, 0) is 19.6 Å². The SMILES string of the molecule is COC[C@H](C)NS(=O)(=O)C[C@@]12CC[C@@H](CC1=O)C2(C)C. The summed E-state index contributed by atoms with van der Waals surface area (Å²) >= 11 is 0. The summed E-state index contributed by atoms with van der Waals surface area (Å²) < 4.78 is 32.3. The average Bonchev–Trinajstić information content (AvgIpc) is 2.61. The minimum absolute atomic E-state index is 0.0869. The highest BCUT2D eigenvalue weighted by Gasteiger charge is 2.65. The number of sulfonamides is 1. The third-order valence-electron chi connectivity index (χ3n) is 5.37. The Hall–Kier alpha value is -0.460. The van der Waals surface area contributed by atoms with Crippen LogP contribution < -0.4 is 4.72 Å². The van der Waals surface area contributed by atoms with Gasteiger partial charge in [0.2, 0.25) is 10.0 Å². The quantitative estimate of drug-likeness (QED) is 0.803. The van der Waals surface area contributed by atoms with Gasteiger partial charge in [-0.15, -0.1) is 0 Å². The lowest BCUT2D eigenvalue weighted by Crippen LogP contribution is -2.47. The van der Waals surface area contributed by atoms with Gasteiger partial charge in [0, 0.05) is 25.0 Å². The molecule has 116 valence electrons. The van der Waals surface area contributed by atoms with Gasteiger partial charge in [0.15, 0.2) is 0 Å². The summed E-state index contributed by atoms with van der Waals surface area (Å²) in [5.41, 5.74) is -0.917. The maximum absolute atomic E-state index is 12.4. The molecule has 0 aliphatic heterocycles. The molecule has 0 amide bonds. The monoisotopic (exact) mass is 303 g/mol. The molecule has 2 rings (SSSR count). The zero-order valence-corrected chi connectivity index (χ0v) is 13.5. The van der Waals surface area contributed by atoms with E-state index in [4.69, 9.17) is 4.74 Å². The molecular formula is C14H25NO4S. The fourth-order valence-electron chi connectivity index (χ4n) is 4.06. The van der Waals surface area contributed by atoms with E-state index in [0.717, 1.165) is 6.42 Å². The predicted octanol–water partition coefficient (Wildman–Crippen LogP) is 1.34. The van der Waals surface area contributed by atoms with E-state index in [0.29, 0.717) is 25.4 Å². The number of Topliss-reactive ketones (excluding diaryl/α,β-unsaturated/α-hetero) is 1. The summed E-state index contributed by atoms with van der Waals surface area (Å²) in [6.45, 7) is 6.18. The molecule has 6 heteroatoms. The summed E-state index contributed by atoms with van der Waals surface area (Å²) in [6.07, 6.45) is 2.20. The fraction of sp³-hybridized carbons (Fsp3) is 0.929. The molecule has 0 spiro atoms. The number of hydrogen-bond acceptors (Lipinski definition) is 4. The Morgan fingerprint density at radius 2 is 2.10 bits per heavy atom. The molecular weight excluding hydrogens is 278 g/mol. The minimum atomic E-state index is -3.49. The van der Waals surface area contributed by atoms with Crippen LogP contribution in [-0.4, -0.2) is 39.7 Å². The standard InChI is InChI=1S/C14H25NO4S/c1-10(8-19-4)15-20(17,18)9-14-6-5-11(7-12(14)16)13(14,2)3/h10-11,15H,5-9H2,1-4H3/t10-,11-,14-/m0/s1. The van der Waals surface area contributed by atoms with Gasteiger partial charge in [0.05, 0.1) is 12.4 Å². The van der Waals surface area contributed by atoms with Crippen molar-refractivity contribution < 1.29 is 17.9 Å². The number of carbonyl (C=O) groups excluding carboxylic acids is 1. The average molecular weight is 303 g/mol. The van der Waals surface area contributed by atoms with E-state index >= 15 is 0 Å². The fourth-order valence-corrected chi connectivity index (χ4v) is 6.16. The van der Waals surface area contributed by atoms with E-state index in [1.165, 1.54) is 7.11 Å². The van der Waals surface area contributed by atoms with E-state index in [9.17, 15) is 13.2 Å². The molecule has 0 saturated heterocycles. The molecule has 2 bridgehead atoms. The molecule has 3 atom stereocenters. The van der Waals surface area contributed by atoms with E-state index < -0.39 is 15.4 Å². The summed E-state index contributed by atoms with van der Waals surface area (Å²) in [4.78, 5) is 12.3. The van der Waals surface area contributed by atoms with Crippen LogP contribution in [0, 0.1) is 16.7 Å². The maximum Gasteiger partial charge on any atom is 0.212 e. The topological polar surface area (TPSA) is 72.5 Å². The van der Waals surface area contributed by atoms with Crippen LogP contribution >= 0.6 is 0 Å². The highest BCUT2D eigenvalue weighted by molar-refractivity contribution is 7.89. The van der Waals surface area contributed by atoms with E-state index in [1.54, 1.807) is 6.92 Å². The van der Waals surface area contributed by atoms with Crippen LogP contribution in [0.4, 0.5) is 0 Å². The van der Waals surface area contributed by atoms with E-state index in [-0.39, 0.29) is 23.0 Å². The first kappa shape index (κ1) is 15.9. The molecule has 5 nitrogen and oxygen atoms in total. The van der Waals surface area contributed by atoms with Crippen LogP contribution in [0.5, 0.6) is 0 Å². The van der Waals surface area contributed by atoms with Gasteiger partial charge < -0.3 is 4.74 Å². The van der Waals surface area contributed by atoms with Gasteiger partial charge in [-0.1, -0.05) is 13.8 Å². The summed E-state index contributed by atoms with van der Waals surface area (Å²) in [6, 6.07) is -0.279. The zero-order chi connectivity index (χ0) is 15.2. The van der Waals surface area contributed by atoms with Gasteiger partial charge in [-0.2, -0.15) is 0 Å². The first-order valence-electron chi connectivity index (χ1n) is 7.17. The minimum Gasteiger partial charge on any atom is -0.383 e. The molecule has 1 N–H and O–H groups in total. The van der Waals surface area contributed by atoms with E-state index in [1.807, 2.05) is 13.8 Å². The number of methoxy groups -OCH3 is 1. The number of ether oxygens (including phenoxy) is 1. The van der Waals surface area contributed by atoms with Crippen molar-refractivity contribution in [1.29, 1.82) is 0 Å². The lowest BCUT2D eigenvalue weighted by Gasteiger charge is -2.36. The van der Waals surface area contributed by atoms with Crippen LogP contribution in [0.3, 0.4) is 0 Å². The Morgan fingerprint density at radius 1 is 1.45 bits per heavy atom. The number of fused-ring (bicyclic) bond motifs is 2. The predicted molar refractivity (Wildman–Crippen MR) is 76.8 cm³/mol. The number of hydrogen-bond donors (Lipinski definition) is 1. The second-order valence-electron chi connectivity index (χ2n) is 6.90. The van der Waals surface area contributed by atoms with E-state index in [2.05, 4.69) is 4.72 Å². The lowest BCUT2D eigenvalue weighted by atomic mass is 9.70. The van der Waals surface area contributed by atoms with Crippen molar-refractivity contribution >= 4 is 15.8 Å². The molecule has 2 fully saturated rings. The van der Waals surface area contributed by atoms with Gasteiger partial charge in [0.25, 0.3) is 0 Å². The Bertz CT molecular complexity index is 499. The van der Waals surface area contributed by atoms with Gasteiger partial charge in [-0.05, 0) is 31.1 Å². The zero-order valence-electron chi connectivity index (χ0n) is 12.7. The Morgan fingerprint density at radius 3 is 2.55 bits per heavy atom. The van der Waals surface area contributed by atoms with Gasteiger partial charge in [-0.25, -0.2) is 13.1 Å². The Labute approximate surface area is 121 Å². The third-order valence-corrected chi connectivity index (χ3v) is 7.01. The second kappa shape index (κ2) is 5.07. The molecule has 0 radical (unpaired) electrons. The molecule has 2 aliphatic rings. The molecule has 0 aromatic heterocycles. The number of nitrogens with one attached hydrogen (secondary N) is 1. The second-order valence-corrected chi connectivity index (χ2v) is 8.65. The van der Waals surface area contributed by atoms with Gasteiger partial charge in [0.1, 0.15) is 5.78 Å². The van der Waals surface area contributed by atoms with Crippen LogP contribution in [0.1, 0.15) is 40.0 Å². The summed E-state index contributed by atoms with van der Waals surface area (Å²) in [7, 11) is -1.95. The first-order valence-corrected chi connectivity index (χ1v) is 8.82. The van der Waals surface area contributed by atoms with Crippen LogP contribution in [0.2, 0.25) is 0 Å². The van der Waals surface area contributed by atoms with Crippen molar-refractivity contribution in [2.75, 3.05) is 19.5 Å². The lowest BCUT2D eigenvalue weighted by molar-refractivity contribution is -0.128. The summed E-state index contributed by atoms with van der Waals surface area (Å²) in [5, 5.41) is 0. The Balaban J connectivity index is 2.18. The molecule has 0 aromatic carbocycles. The normalized spacial score (nSPS) is 33.6. The van der Waals surface area contributed by atoms with Crippen molar-refractivity contribution in [1.82, 2.24) is 4.72 Å². The largest absolute Gasteiger partial charge is 0.383 e. The number of ketones is 1. The first-order chi connectivity index (χ1) is 9.14. The summed E-state index contributed by atoms with van der Waals surface area (Å²) in [5.74, 6) is 0.376. The molecule has 2 saturated carbocycles. The van der Waals surface area contributed by atoms with Crippen molar-refractivity contribution in [2.45, 2.75) is 46.1 Å². The van der Waals surface area contributed by atoms with Crippen molar-refractivity contribution in [2.24, 2.45) is 16.7 Å². The molecule has 2 aliphatic carbocycles. The maximum atomic E-state index is 12.4. The molecule has 0 unspecified atom stereocenters. The Kier molecular flexibility index (Phi) is 4.04. The van der Waals surface area contributed by atoms with Crippen molar-refractivity contribution in [3.8, 4) is 0 Å². The number of rotatable bonds is 6. The highest BCUT2D eigenvalue weighted by Crippen LogP contribution is 2.64. The van der Waals surface area contributed by atoms with Crippen molar-refractivity contribution in [3.63, 3.8) is 0 Å². The molecule has 0 aromatic rings. The third kappa shape index (κ3) is 2.42. The van der Waals surface area contributed by atoms with Crippen LogP contribution in [0.25, 0.3) is 0 Å².